The van der Waals surface area contributed by atoms with Crippen molar-refractivity contribution >= 4 is 5.84 Å². The average molecular weight is 213 g/mol. The smallest absolute Gasteiger partial charge is 0.227 e. The van der Waals surface area contributed by atoms with Crippen LogP contribution in [0.25, 0.3) is 0 Å². The predicted molar refractivity (Wildman–Crippen MR) is 53.4 cm³/mol. The van der Waals surface area contributed by atoms with E-state index in [0.717, 1.165) is 0 Å². The van der Waals surface area contributed by atoms with Crippen molar-refractivity contribution in [2.24, 2.45) is 16.8 Å². The molecule has 1 rings (SSSR count). The third kappa shape index (κ3) is 3.94. The highest BCUT2D eigenvalue weighted by Crippen LogP contribution is 1.93. The maximum atomic E-state index is 8.41. The van der Waals surface area contributed by atoms with Gasteiger partial charge >= 0.3 is 0 Å². The van der Waals surface area contributed by atoms with Crippen LogP contribution in [0.2, 0.25) is 0 Å². The van der Waals surface area contributed by atoms with Gasteiger partial charge in [0.05, 0.1) is 0 Å². The van der Waals surface area contributed by atoms with Crippen molar-refractivity contribution in [3.63, 3.8) is 0 Å². The van der Waals surface area contributed by atoms with Crippen LogP contribution in [-0.4, -0.2) is 34.3 Å². The quantitative estimate of drug-likeness (QED) is 0.195. The normalized spacial score (nSPS) is 14.1. The van der Waals surface area contributed by atoms with Gasteiger partial charge in [-0.05, 0) is 0 Å². The van der Waals surface area contributed by atoms with Gasteiger partial charge in [0.15, 0.2) is 6.33 Å². The summed E-state index contributed by atoms with van der Waals surface area (Å²) in [5.74, 6) is 0.817. The zero-order valence-corrected chi connectivity index (χ0v) is 8.55. The van der Waals surface area contributed by atoms with Crippen molar-refractivity contribution in [2.45, 2.75) is 13.3 Å². The minimum absolute atomic E-state index is 0.00214. The highest BCUT2D eigenvalue weighted by molar-refractivity contribution is 5.82. The molecule has 0 aromatic carbocycles. The number of rotatable bonds is 6. The fraction of sp³-hybridized carbons (Fsp3) is 0.625. The summed E-state index contributed by atoms with van der Waals surface area (Å²) >= 11 is 0. The molecule has 1 aromatic heterocycles. The first-order valence-corrected chi connectivity index (χ1v) is 4.67. The van der Waals surface area contributed by atoms with E-state index in [2.05, 4.69) is 20.6 Å². The Morgan fingerprint density at radius 1 is 1.80 bits per heavy atom. The van der Waals surface area contributed by atoms with Gasteiger partial charge in [-0.15, -0.1) is 0 Å². The van der Waals surface area contributed by atoms with Crippen LogP contribution in [0, 0.1) is 5.92 Å². The molecule has 1 aromatic rings. The fourth-order valence-corrected chi connectivity index (χ4v) is 1.02. The Kier molecular flexibility index (Phi) is 4.55. The largest absolute Gasteiger partial charge is 0.409 e. The van der Waals surface area contributed by atoms with E-state index in [-0.39, 0.29) is 11.8 Å². The second-order valence-electron chi connectivity index (χ2n) is 3.22. The Morgan fingerprint density at radius 3 is 3.20 bits per heavy atom. The third-order valence-electron chi connectivity index (χ3n) is 1.99. The van der Waals surface area contributed by atoms with E-state index in [1.54, 1.807) is 0 Å². The van der Waals surface area contributed by atoms with Crippen LogP contribution >= 0.6 is 0 Å². The number of nitrogens with zero attached hydrogens (tertiary/aromatic N) is 3. The van der Waals surface area contributed by atoms with Crippen LogP contribution in [0.1, 0.15) is 12.8 Å². The fourth-order valence-electron chi connectivity index (χ4n) is 1.02. The molecule has 0 bridgehead atoms. The number of nitrogens with two attached hydrogens (primary N) is 1. The molecule has 0 aliphatic heterocycles. The summed E-state index contributed by atoms with van der Waals surface area (Å²) in [6, 6.07) is 0. The number of aromatic nitrogens is 2. The molecule has 1 atom stereocenters. The monoisotopic (exact) mass is 213 g/mol. The van der Waals surface area contributed by atoms with Crippen LogP contribution in [-0.2, 0) is 6.42 Å². The average Bonchev–Trinajstić information content (AvgIpc) is 2.75. The molecule has 84 valence electrons. The van der Waals surface area contributed by atoms with Crippen molar-refractivity contribution in [2.75, 3.05) is 13.1 Å². The molecular formula is C8H15N5O2. The van der Waals surface area contributed by atoms with Gasteiger partial charge in [0.2, 0.25) is 5.89 Å². The molecule has 1 unspecified atom stereocenters. The zero-order valence-electron chi connectivity index (χ0n) is 8.55. The number of hydrogen-bond donors (Lipinski definition) is 3. The minimum atomic E-state index is -0.00214. The SMILES string of the molecule is CC(CNCCc1ncno1)C(N)=NO. The van der Waals surface area contributed by atoms with Crippen LogP contribution in [0.15, 0.2) is 16.0 Å². The van der Waals surface area contributed by atoms with Crippen LogP contribution in [0.3, 0.4) is 0 Å². The van der Waals surface area contributed by atoms with Crippen molar-refractivity contribution in [3.8, 4) is 0 Å². The van der Waals surface area contributed by atoms with Crippen molar-refractivity contribution < 1.29 is 9.73 Å². The van der Waals surface area contributed by atoms with Gasteiger partial charge in [-0.25, -0.2) is 0 Å². The lowest BCUT2D eigenvalue weighted by Gasteiger charge is -2.09. The summed E-state index contributed by atoms with van der Waals surface area (Å²) < 4.78 is 4.82. The van der Waals surface area contributed by atoms with Crippen molar-refractivity contribution in [1.29, 1.82) is 0 Å². The summed E-state index contributed by atoms with van der Waals surface area (Å²) in [6.45, 7) is 3.23. The summed E-state index contributed by atoms with van der Waals surface area (Å²) in [5.41, 5.74) is 5.41. The summed E-state index contributed by atoms with van der Waals surface area (Å²) in [6.07, 6.45) is 2.04. The van der Waals surface area contributed by atoms with Gasteiger partial charge in [-0.1, -0.05) is 17.2 Å². The maximum absolute atomic E-state index is 8.41. The van der Waals surface area contributed by atoms with E-state index in [0.29, 0.717) is 25.4 Å². The molecule has 0 saturated carbocycles. The molecular weight excluding hydrogens is 198 g/mol. The highest BCUT2D eigenvalue weighted by atomic mass is 16.5. The number of oxime groups is 1. The van der Waals surface area contributed by atoms with E-state index in [1.165, 1.54) is 6.33 Å². The van der Waals surface area contributed by atoms with Gasteiger partial charge in [0.1, 0.15) is 5.84 Å². The third-order valence-corrected chi connectivity index (χ3v) is 1.99. The van der Waals surface area contributed by atoms with E-state index in [4.69, 9.17) is 15.5 Å². The topological polar surface area (TPSA) is 110 Å². The number of hydrogen-bond acceptors (Lipinski definition) is 6. The highest BCUT2D eigenvalue weighted by Gasteiger charge is 2.06. The molecule has 0 aliphatic rings. The first-order chi connectivity index (χ1) is 7.24. The standard InChI is InChI=1S/C8H15N5O2/c1-6(8(9)13-14)4-10-3-2-7-11-5-12-15-7/h5-6,10,14H,2-4H2,1H3,(H2,9,13). The lowest BCUT2D eigenvalue weighted by molar-refractivity contribution is 0.314. The molecule has 15 heavy (non-hydrogen) atoms. The molecule has 7 nitrogen and oxygen atoms in total. The Bertz CT molecular complexity index is 298. The maximum Gasteiger partial charge on any atom is 0.227 e. The van der Waals surface area contributed by atoms with Crippen LogP contribution < -0.4 is 11.1 Å². The molecule has 0 aliphatic carbocycles. The van der Waals surface area contributed by atoms with Gasteiger partial charge in [0, 0.05) is 25.4 Å². The first kappa shape index (κ1) is 11.4. The molecule has 4 N–H and O–H groups in total. The molecule has 7 heteroatoms. The van der Waals surface area contributed by atoms with Crippen molar-refractivity contribution in [1.82, 2.24) is 15.5 Å². The van der Waals surface area contributed by atoms with Gasteiger partial charge < -0.3 is 20.8 Å². The van der Waals surface area contributed by atoms with Gasteiger partial charge in [-0.2, -0.15) is 4.98 Å². The van der Waals surface area contributed by atoms with Crippen LogP contribution in [0.5, 0.6) is 0 Å². The van der Waals surface area contributed by atoms with E-state index >= 15 is 0 Å². The molecule has 0 radical (unpaired) electrons. The number of amidine groups is 1. The first-order valence-electron chi connectivity index (χ1n) is 4.67. The van der Waals surface area contributed by atoms with E-state index < -0.39 is 0 Å². The lowest BCUT2D eigenvalue weighted by atomic mass is 10.1. The molecule has 0 saturated heterocycles. The predicted octanol–water partition coefficient (Wildman–Crippen LogP) is -0.416. The Morgan fingerprint density at radius 2 is 2.60 bits per heavy atom. The molecule has 0 fully saturated rings. The molecule has 0 spiro atoms. The molecule has 0 amide bonds. The Labute approximate surface area is 87.3 Å². The summed E-state index contributed by atoms with van der Waals surface area (Å²) in [5, 5.41) is 18.0. The summed E-state index contributed by atoms with van der Waals surface area (Å²) in [7, 11) is 0. The minimum Gasteiger partial charge on any atom is -0.409 e. The molecule has 1 heterocycles. The van der Waals surface area contributed by atoms with E-state index in [1.807, 2.05) is 6.92 Å². The van der Waals surface area contributed by atoms with Crippen molar-refractivity contribution in [3.05, 3.63) is 12.2 Å². The zero-order chi connectivity index (χ0) is 11.1. The Hall–Kier alpha value is -1.63. The lowest BCUT2D eigenvalue weighted by Crippen LogP contribution is -2.32. The summed E-state index contributed by atoms with van der Waals surface area (Å²) in [4.78, 5) is 3.88. The second kappa shape index (κ2) is 5.97. The van der Waals surface area contributed by atoms with E-state index in [9.17, 15) is 0 Å². The second-order valence-corrected chi connectivity index (χ2v) is 3.22. The number of nitrogens with one attached hydrogen (secondary N) is 1. The van der Waals surface area contributed by atoms with Gasteiger partial charge in [-0.3, -0.25) is 0 Å². The Balaban J connectivity index is 2.12. The van der Waals surface area contributed by atoms with Gasteiger partial charge in [0.25, 0.3) is 0 Å². The van der Waals surface area contributed by atoms with Crippen LogP contribution in [0.4, 0.5) is 0 Å².